The number of anilines is 2. The predicted octanol–water partition coefficient (Wildman–Crippen LogP) is 1.57. The Labute approximate surface area is 118 Å². The van der Waals surface area contributed by atoms with Crippen LogP contribution in [0.1, 0.15) is 17.9 Å². The smallest absolute Gasteiger partial charge is 0.223 e. The van der Waals surface area contributed by atoms with E-state index in [2.05, 4.69) is 30.2 Å². The Hall–Kier alpha value is -2.24. The zero-order valence-electron chi connectivity index (χ0n) is 11.7. The van der Waals surface area contributed by atoms with Gasteiger partial charge in [0.25, 0.3) is 0 Å². The standard InChI is InChI=1S/C14H18N6/c1-10-3-6-16-14(17-10)19-12-5-8-20(9-12)13-4-7-15-11(2)18-13/h3-4,6-7,12H,5,8-9H2,1-2H3,(H,16,17,19). The molecular formula is C14H18N6. The summed E-state index contributed by atoms with van der Waals surface area (Å²) in [5.74, 6) is 2.50. The van der Waals surface area contributed by atoms with Gasteiger partial charge in [-0.15, -0.1) is 0 Å². The second-order valence-electron chi connectivity index (χ2n) is 5.06. The SMILES string of the molecule is Cc1ccnc(NC2CCN(c3ccnc(C)n3)C2)n1. The van der Waals surface area contributed by atoms with Crippen molar-refractivity contribution in [1.82, 2.24) is 19.9 Å². The number of rotatable bonds is 3. The third kappa shape index (κ3) is 2.84. The Morgan fingerprint density at radius 3 is 2.80 bits per heavy atom. The van der Waals surface area contributed by atoms with E-state index in [1.807, 2.05) is 32.2 Å². The lowest BCUT2D eigenvalue weighted by Crippen LogP contribution is -2.27. The topological polar surface area (TPSA) is 66.8 Å². The molecule has 6 nitrogen and oxygen atoms in total. The monoisotopic (exact) mass is 270 g/mol. The van der Waals surface area contributed by atoms with Gasteiger partial charge in [0.05, 0.1) is 0 Å². The van der Waals surface area contributed by atoms with Crippen LogP contribution in [0, 0.1) is 13.8 Å². The maximum Gasteiger partial charge on any atom is 0.223 e. The predicted molar refractivity (Wildman–Crippen MR) is 77.8 cm³/mol. The molecule has 2 aromatic heterocycles. The number of aromatic nitrogens is 4. The van der Waals surface area contributed by atoms with E-state index >= 15 is 0 Å². The summed E-state index contributed by atoms with van der Waals surface area (Å²) in [5, 5.41) is 3.39. The van der Waals surface area contributed by atoms with Crippen LogP contribution >= 0.6 is 0 Å². The fourth-order valence-electron chi connectivity index (χ4n) is 2.41. The minimum atomic E-state index is 0.354. The second-order valence-corrected chi connectivity index (χ2v) is 5.06. The van der Waals surface area contributed by atoms with Crippen LogP contribution in [-0.4, -0.2) is 39.1 Å². The van der Waals surface area contributed by atoms with Gasteiger partial charge in [0.1, 0.15) is 11.6 Å². The molecule has 104 valence electrons. The van der Waals surface area contributed by atoms with Gasteiger partial charge in [-0.05, 0) is 32.4 Å². The quantitative estimate of drug-likeness (QED) is 0.913. The van der Waals surface area contributed by atoms with Crippen molar-refractivity contribution in [2.75, 3.05) is 23.3 Å². The van der Waals surface area contributed by atoms with Crippen molar-refractivity contribution in [1.29, 1.82) is 0 Å². The van der Waals surface area contributed by atoms with Crippen LogP contribution in [0.15, 0.2) is 24.5 Å². The van der Waals surface area contributed by atoms with Crippen LogP contribution in [0.3, 0.4) is 0 Å². The molecule has 20 heavy (non-hydrogen) atoms. The minimum absolute atomic E-state index is 0.354. The Bertz CT molecular complexity index is 600. The first-order valence-corrected chi connectivity index (χ1v) is 6.81. The van der Waals surface area contributed by atoms with Crippen LogP contribution in [-0.2, 0) is 0 Å². The summed E-state index contributed by atoms with van der Waals surface area (Å²) in [4.78, 5) is 19.5. The molecule has 0 radical (unpaired) electrons. The maximum absolute atomic E-state index is 4.47. The van der Waals surface area contributed by atoms with Crippen LogP contribution in [0.4, 0.5) is 11.8 Å². The van der Waals surface area contributed by atoms with Crippen molar-refractivity contribution < 1.29 is 0 Å². The lowest BCUT2D eigenvalue weighted by Gasteiger charge is -2.18. The zero-order valence-corrected chi connectivity index (χ0v) is 11.7. The van der Waals surface area contributed by atoms with E-state index in [-0.39, 0.29) is 0 Å². The molecule has 1 aliphatic rings. The van der Waals surface area contributed by atoms with Gasteiger partial charge in [0, 0.05) is 37.2 Å². The Morgan fingerprint density at radius 2 is 2.00 bits per heavy atom. The molecule has 1 unspecified atom stereocenters. The van der Waals surface area contributed by atoms with Crippen LogP contribution < -0.4 is 10.2 Å². The lowest BCUT2D eigenvalue weighted by molar-refractivity contribution is 0.789. The van der Waals surface area contributed by atoms with E-state index in [9.17, 15) is 0 Å². The molecule has 3 rings (SSSR count). The Kier molecular flexibility index (Phi) is 3.45. The minimum Gasteiger partial charge on any atom is -0.354 e. The summed E-state index contributed by atoms with van der Waals surface area (Å²) in [7, 11) is 0. The first kappa shape index (κ1) is 12.8. The van der Waals surface area contributed by atoms with Gasteiger partial charge >= 0.3 is 0 Å². The van der Waals surface area contributed by atoms with Gasteiger partial charge in [-0.2, -0.15) is 0 Å². The fraction of sp³-hybridized carbons (Fsp3) is 0.429. The molecule has 1 saturated heterocycles. The highest BCUT2D eigenvalue weighted by molar-refractivity contribution is 5.41. The third-order valence-electron chi connectivity index (χ3n) is 3.40. The van der Waals surface area contributed by atoms with Crippen molar-refractivity contribution >= 4 is 11.8 Å². The van der Waals surface area contributed by atoms with Crippen molar-refractivity contribution in [2.45, 2.75) is 26.3 Å². The highest BCUT2D eigenvalue weighted by Gasteiger charge is 2.24. The first-order chi connectivity index (χ1) is 9.70. The maximum atomic E-state index is 4.47. The largest absolute Gasteiger partial charge is 0.354 e. The normalized spacial score (nSPS) is 18.3. The molecule has 1 aliphatic heterocycles. The van der Waals surface area contributed by atoms with Crippen LogP contribution in [0.25, 0.3) is 0 Å². The van der Waals surface area contributed by atoms with E-state index in [4.69, 9.17) is 0 Å². The molecule has 0 spiro atoms. The first-order valence-electron chi connectivity index (χ1n) is 6.81. The van der Waals surface area contributed by atoms with Gasteiger partial charge in [-0.25, -0.2) is 19.9 Å². The van der Waals surface area contributed by atoms with Gasteiger partial charge in [0.15, 0.2) is 0 Å². The molecule has 1 N–H and O–H groups in total. The van der Waals surface area contributed by atoms with Gasteiger partial charge < -0.3 is 10.2 Å². The molecule has 0 aliphatic carbocycles. The molecular weight excluding hydrogens is 252 g/mol. The van der Waals surface area contributed by atoms with Crippen LogP contribution in [0.5, 0.6) is 0 Å². The fourth-order valence-corrected chi connectivity index (χ4v) is 2.41. The van der Waals surface area contributed by atoms with Crippen LogP contribution in [0.2, 0.25) is 0 Å². The van der Waals surface area contributed by atoms with Crippen molar-refractivity contribution in [3.05, 3.63) is 36.0 Å². The highest BCUT2D eigenvalue weighted by Crippen LogP contribution is 2.19. The third-order valence-corrected chi connectivity index (χ3v) is 3.40. The molecule has 0 bridgehead atoms. The summed E-state index contributed by atoms with van der Waals surface area (Å²) >= 11 is 0. The molecule has 2 aromatic rings. The van der Waals surface area contributed by atoms with E-state index in [0.717, 1.165) is 36.8 Å². The molecule has 0 amide bonds. The molecule has 0 saturated carbocycles. The molecule has 6 heteroatoms. The average molecular weight is 270 g/mol. The van der Waals surface area contributed by atoms with Crippen molar-refractivity contribution in [2.24, 2.45) is 0 Å². The van der Waals surface area contributed by atoms with E-state index in [0.29, 0.717) is 12.0 Å². The molecule has 1 atom stereocenters. The summed E-state index contributed by atoms with van der Waals surface area (Å²) in [5.41, 5.74) is 0.976. The summed E-state index contributed by atoms with van der Waals surface area (Å²) in [6.45, 7) is 5.78. The Morgan fingerprint density at radius 1 is 1.15 bits per heavy atom. The van der Waals surface area contributed by atoms with E-state index in [1.54, 1.807) is 6.20 Å². The van der Waals surface area contributed by atoms with Gasteiger partial charge in [0.2, 0.25) is 5.95 Å². The number of nitrogens with one attached hydrogen (secondary N) is 1. The molecule has 3 heterocycles. The number of aryl methyl sites for hydroxylation is 2. The van der Waals surface area contributed by atoms with Crippen molar-refractivity contribution in [3.8, 4) is 0 Å². The Balaban J connectivity index is 1.65. The number of hydrogen-bond acceptors (Lipinski definition) is 6. The van der Waals surface area contributed by atoms with Gasteiger partial charge in [-0.3, -0.25) is 0 Å². The second kappa shape index (κ2) is 5.40. The van der Waals surface area contributed by atoms with Gasteiger partial charge in [-0.1, -0.05) is 0 Å². The van der Waals surface area contributed by atoms with E-state index < -0.39 is 0 Å². The lowest BCUT2D eigenvalue weighted by atomic mass is 10.3. The summed E-state index contributed by atoms with van der Waals surface area (Å²) < 4.78 is 0. The summed E-state index contributed by atoms with van der Waals surface area (Å²) in [6, 6.07) is 4.21. The highest BCUT2D eigenvalue weighted by atomic mass is 15.3. The number of hydrogen-bond donors (Lipinski definition) is 1. The zero-order chi connectivity index (χ0) is 13.9. The van der Waals surface area contributed by atoms with E-state index in [1.165, 1.54) is 0 Å². The number of nitrogens with zero attached hydrogens (tertiary/aromatic N) is 5. The summed E-state index contributed by atoms with van der Waals surface area (Å²) in [6.07, 6.45) is 4.65. The van der Waals surface area contributed by atoms with Crippen molar-refractivity contribution in [3.63, 3.8) is 0 Å². The molecule has 1 fully saturated rings. The average Bonchev–Trinajstić information content (AvgIpc) is 2.87. The molecule has 0 aromatic carbocycles.